The van der Waals surface area contributed by atoms with Crippen molar-refractivity contribution in [3.63, 3.8) is 0 Å². The molecule has 5 heteroatoms. The van der Waals surface area contributed by atoms with Gasteiger partial charge >= 0.3 is 0 Å². The third kappa shape index (κ3) is 2.99. The van der Waals surface area contributed by atoms with Gasteiger partial charge in [0.15, 0.2) is 0 Å². The number of carbonyl (C=O) groups is 1. The second-order valence-corrected chi connectivity index (χ2v) is 4.59. The molecule has 0 aliphatic rings. The number of aryl methyl sites for hydroxylation is 3. The van der Waals surface area contributed by atoms with Gasteiger partial charge in [-0.1, -0.05) is 18.2 Å². The van der Waals surface area contributed by atoms with E-state index in [1.165, 1.54) is 6.07 Å². The van der Waals surface area contributed by atoms with Gasteiger partial charge in [-0.2, -0.15) is 0 Å². The summed E-state index contributed by atoms with van der Waals surface area (Å²) in [5.41, 5.74) is 2.15. The van der Waals surface area contributed by atoms with Crippen LogP contribution in [0, 0.1) is 26.6 Å². The Kier molecular flexibility index (Phi) is 4.08. The highest BCUT2D eigenvalue weighted by atomic mass is 19.1. The van der Waals surface area contributed by atoms with Crippen LogP contribution in [-0.2, 0) is 6.54 Å². The molecule has 0 spiro atoms. The Morgan fingerprint density at radius 2 is 1.75 bits per heavy atom. The summed E-state index contributed by atoms with van der Waals surface area (Å²) in [7, 11) is 0. The predicted molar refractivity (Wildman–Crippen MR) is 73.8 cm³/mol. The number of nitrogens with one attached hydrogen (secondary N) is 1. The van der Waals surface area contributed by atoms with Crippen LogP contribution in [0.15, 0.2) is 24.3 Å². The number of amides is 1. The van der Waals surface area contributed by atoms with Crippen LogP contribution < -0.4 is 5.32 Å². The van der Waals surface area contributed by atoms with Crippen LogP contribution in [0.5, 0.6) is 0 Å². The Bertz CT molecular complexity index is 632. The molecule has 104 valence electrons. The first-order valence-electron chi connectivity index (χ1n) is 6.32. The van der Waals surface area contributed by atoms with Gasteiger partial charge in [-0.25, -0.2) is 14.4 Å². The number of carbonyl (C=O) groups excluding carboxylic acids is 1. The zero-order valence-corrected chi connectivity index (χ0v) is 11.7. The molecule has 20 heavy (non-hydrogen) atoms. The molecule has 0 aliphatic heterocycles. The maximum Gasteiger partial charge on any atom is 0.255 e. The van der Waals surface area contributed by atoms with Gasteiger partial charge in [0.05, 0.1) is 17.0 Å². The van der Waals surface area contributed by atoms with Crippen LogP contribution >= 0.6 is 0 Å². The zero-order valence-electron chi connectivity index (χ0n) is 11.7. The normalized spacial score (nSPS) is 10.4. The summed E-state index contributed by atoms with van der Waals surface area (Å²) in [4.78, 5) is 20.5. The van der Waals surface area contributed by atoms with E-state index in [9.17, 15) is 9.18 Å². The van der Waals surface area contributed by atoms with Gasteiger partial charge < -0.3 is 5.32 Å². The van der Waals surface area contributed by atoms with E-state index in [0.717, 1.165) is 0 Å². The van der Waals surface area contributed by atoms with Crippen LogP contribution in [0.2, 0.25) is 0 Å². The summed E-state index contributed by atoms with van der Waals surface area (Å²) in [6.07, 6.45) is 0. The third-order valence-corrected chi connectivity index (χ3v) is 3.01. The minimum absolute atomic E-state index is 0.137. The molecular weight excluding hydrogens is 257 g/mol. The van der Waals surface area contributed by atoms with Crippen molar-refractivity contribution in [2.24, 2.45) is 0 Å². The first-order chi connectivity index (χ1) is 9.49. The van der Waals surface area contributed by atoms with E-state index in [0.29, 0.717) is 28.3 Å². The molecule has 2 rings (SSSR count). The van der Waals surface area contributed by atoms with Crippen molar-refractivity contribution in [2.75, 3.05) is 0 Å². The molecule has 0 fully saturated rings. The van der Waals surface area contributed by atoms with Crippen LogP contribution in [0.25, 0.3) is 0 Å². The number of hydrogen-bond acceptors (Lipinski definition) is 3. The second-order valence-electron chi connectivity index (χ2n) is 4.59. The molecular formula is C15H16FN3O. The molecule has 4 nitrogen and oxygen atoms in total. The molecule has 0 saturated heterocycles. The van der Waals surface area contributed by atoms with E-state index >= 15 is 0 Å². The monoisotopic (exact) mass is 273 g/mol. The lowest BCUT2D eigenvalue weighted by atomic mass is 10.1. The SMILES string of the molecule is Cc1nc(C)c(C(=O)NCc2ccccc2F)c(C)n1. The molecule has 1 aromatic carbocycles. The maximum absolute atomic E-state index is 13.5. The van der Waals surface area contributed by atoms with Crippen molar-refractivity contribution in [1.82, 2.24) is 15.3 Å². The van der Waals surface area contributed by atoms with E-state index in [4.69, 9.17) is 0 Å². The largest absolute Gasteiger partial charge is 0.348 e. The van der Waals surface area contributed by atoms with E-state index in [2.05, 4.69) is 15.3 Å². The smallest absolute Gasteiger partial charge is 0.255 e. The second kappa shape index (κ2) is 5.77. The zero-order chi connectivity index (χ0) is 14.7. The minimum atomic E-state index is -0.332. The molecule has 0 aliphatic carbocycles. The summed E-state index contributed by atoms with van der Waals surface area (Å²) in [6, 6.07) is 6.35. The lowest BCUT2D eigenvalue weighted by Gasteiger charge is -2.10. The van der Waals surface area contributed by atoms with E-state index in [1.807, 2.05) is 0 Å². The van der Waals surface area contributed by atoms with Crippen LogP contribution in [0.4, 0.5) is 4.39 Å². The number of aromatic nitrogens is 2. The number of benzene rings is 1. The van der Waals surface area contributed by atoms with Gasteiger partial charge in [0.1, 0.15) is 11.6 Å². The van der Waals surface area contributed by atoms with Crippen molar-refractivity contribution in [2.45, 2.75) is 27.3 Å². The van der Waals surface area contributed by atoms with Crippen molar-refractivity contribution >= 4 is 5.91 Å². The summed E-state index contributed by atoms with van der Waals surface area (Å²) in [6.45, 7) is 5.44. The molecule has 2 aromatic rings. The Morgan fingerprint density at radius 1 is 1.15 bits per heavy atom. The Hall–Kier alpha value is -2.30. The van der Waals surface area contributed by atoms with E-state index < -0.39 is 0 Å². The van der Waals surface area contributed by atoms with Crippen LogP contribution in [-0.4, -0.2) is 15.9 Å². The first kappa shape index (κ1) is 14.1. The summed E-state index contributed by atoms with van der Waals surface area (Å²) in [5, 5.41) is 2.70. The van der Waals surface area contributed by atoms with E-state index in [-0.39, 0.29) is 18.3 Å². The standard InChI is InChI=1S/C15H16FN3O/c1-9-14(10(2)19-11(3)18-9)15(20)17-8-12-6-4-5-7-13(12)16/h4-7H,8H2,1-3H3,(H,17,20). The minimum Gasteiger partial charge on any atom is -0.348 e. The molecule has 0 unspecified atom stereocenters. The molecule has 1 heterocycles. The van der Waals surface area contributed by atoms with Crippen molar-refractivity contribution < 1.29 is 9.18 Å². The Morgan fingerprint density at radius 3 is 2.35 bits per heavy atom. The Balaban J connectivity index is 2.16. The van der Waals surface area contributed by atoms with Gasteiger partial charge in [0.2, 0.25) is 0 Å². The fraction of sp³-hybridized carbons (Fsp3) is 0.267. The van der Waals surface area contributed by atoms with Crippen LogP contribution in [0.1, 0.15) is 33.1 Å². The summed E-state index contributed by atoms with van der Waals surface area (Å²) in [5.74, 6) is 0.00954. The van der Waals surface area contributed by atoms with Crippen molar-refractivity contribution in [3.05, 3.63) is 58.4 Å². The maximum atomic E-state index is 13.5. The molecule has 1 N–H and O–H groups in total. The van der Waals surface area contributed by atoms with Gasteiger partial charge in [-0.3, -0.25) is 4.79 Å². The lowest BCUT2D eigenvalue weighted by Crippen LogP contribution is -2.26. The lowest BCUT2D eigenvalue weighted by molar-refractivity contribution is 0.0948. The average Bonchev–Trinajstić information content (AvgIpc) is 2.36. The number of halogens is 1. The van der Waals surface area contributed by atoms with Gasteiger partial charge in [0, 0.05) is 12.1 Å². The highest BCUT2D eigenvalue weighted by Gasteiger charge is 2.15. The quantitative estimate of drug-likeness (QED) is 0.934. The molecule has 1 aromatic heterocycles. The van der Waals surface area contributed by atoms with Gasteiger partial charge in [-0.15, -0.1) is 0 Å². The first-order valence-corrected chi connectivity index (χ1v) is 6.32. The highest BCUT2D eigenvalue weighted by molar-refractivity contribution is 5.96. The van der Waals surface area contributed by atoms with Gasteiger partial charge in [0.25, 0.3) is 5.91 Å². The topological polar surface area (TPSA) is 54.9 Å². The Labute approximate surface area is 117 Å². The van der Waals surface area contributed by atoms with Crippen molar-refractivity contribution in [1.29, 1.82) is 0 Å². The molecule has 0 bridgehead atoms. The van der Waals surface area contributed by atoms with Crippen molar-refractivity contribution in [3.8, 4) is 0 Å². The highest BCUT2D eigenvalue weighted by Crippen LogP contribution is 2.11. The molecule has 0 atom stereocenters. The summed E-state index contributed by atoms with van der Waals surface area (Å²) < 4.78 is 13.5. The molecule has 1 amide bonds. The van der Waals surface area contributed by atoms with E-state index in [1.54, 1.807) is 39.0 Å². The third-order valence-electron chi connectivity index (χ3n) is 3.01. The predicted octanol–water partition coefficient (Wildman–Crippen LogP) is 2.47. The number of nitrogens with zero attached hydrogens (tertiary/aromatic N) is 2. The van der Waals surface area contributed by atoms with Crippen LogP contribution in [0.3, 0.4) is 0 Å². The molecule has 0 radical (unpaired) electrons. The average molecular weight is 273 g/mol. The molecule has 0 saturated carbocycles. The fourth-order valence-corrected chi connectivity index (χ4v) is 2.12. The summed E-state index contributed by atoms with van der Waals surface area (Å²) >= 11 is 0. The van der Waals surface area contributed by atoms with Gasteiger partial charge in [-0.05, 0) is 26.8 Å². The number of hydrogen-bond donors (Lipinski definition) is 1. The number of rotatable bonds is 3. The fourth-order valence-electron chi connectivity index (χ4n) is 2.12.